The van der Waals surface area contributed by atoms with Crippen molar-refractivity contribution in [3.05, 3.63) is 66.2 Å². The lowest BCUT2D eigenvalue weighted by Gasteiger charge is -2.14. The first-order valence-electron chi connectivity index (χ1n) is 10.1. The molecular formula is C23H27N5O2. The zero-order valence-corrected chi connectivity index (χ0v) is 16.6. The van der Waals surface area contributed by atoms with Crippen molar-refractivity contribution in [3.8, 4) is 17.0 Å². The van der Waals surface area contributed by atoms with Crippen molar-refractivity contribution in [2.24, 2.45) is 5.92 Å². The van der Waals surface area contributed by atoms with Crippen LogP contribution in [0, 0.1) is 5.92 Å². The molecule has 1 aromatic heterocycles. The summed E-state index contributed by atoms with van der Waals surface area (Å²) < 4.78 is 5.95. The molecule has 1 unspecified atom stereocenters. The molecule has 30 heavy (non-hydrogen) atoms. The number of benzene rings is 2. The Labute approximate surface area is 177 Å². The molecule has 1 amide bonds. The number of aromatic nitrogens is 1. The number of fused-ring (bicyclic) bond motifs is 1. The van der Waals surface area contributed by atoms with Crippen molar-refractivity contribution in [1.82, 2.24) is 10.5 Å². The number of hydrogen-bond donors (Lipinski definition) is 4. The highest BCUT2D eigenvalue weighted by molar-refractivity contribution is 6.05. The van der Waals surface area contributed by atoms with Crippen LogP contribution < -0.4 is 26.4 Å². The van der Waals surface area contributed by atoms with Crippen LogP contribution in [0.5, 0.6) is 5.75 Å². The number of amides is 1. The van der Waals surface area contributed by atoms with Crippen molar-refractivity contribution >= 4 is 23.1 Å². The summed E-state index contributed by atoms with van der Waals surface area (Å²) in [5.74, 6) is 2.06. The van der Waals surface area contributed by atoms with Gasteiger partial charge < -0.3 is 15.5 Å². The molecule has 0 radical (unpaired) electrons. The fourth-order valence-electron chi connectivity index (χ4n) is 3.49. The number of ether oxygens (including phenoxy) is 1. The molecule has 1 aliphatic heterocycles. The van der Waals surface area contributed by atoms with Crippen LogP contribution in [0.2, 0.25) is 0 Å². The van der Waals surface area contributed by atoms with E-state index < -0.39 is 0 Å². The first-order valence-corrected chi connectivity index (χ1v) is 10.1. The number of carbonyl (C=O) groups excluding carboxylic acids is 1. The molecule has 3 aromatic rings. The van der Waals surface area contributed by atoms with Crippen LogP contribution >= 0.6 is 0 Å². The molecule has 0 bridgehead atoms. The van der Waals surface area contributed by atoms with E-state index in [1.807, 2.05) is 54.6 Å². The van der Waals surface area contributed by atoms with E-state index in [0.29, 0.717) is 11.5 Å². The zero-order valence-electron chi connectivity index (χ0n) is 16.6. The Morgan fingerprint density at radius 2 is 1.97 bits per heavy atom. The lowest BCUT2D eigenvalue weighted by atomic mass is 10.1. The molecule has 2 aliphatic rings. The molecular weight excluding hydrogens is 378 g/mol. The monoisotopic (exact) mass is 405 g/mol. The zero-order chi connectivity index (χ0) is 20.5. The molecule has 7 heteroatoms. The third-order valence-corrected chi connectivity index (χ3v) is 5.41. The maximum Gasteiger partial charge on any atom is 0.255 e. The fourth-order valence-corrected chi connectivity index (χ4v) is 3.49. The molecule has 7 nitrogen and oxygen atoms in total. The van der Waals surface area contributed by atoms with Crippen molar-refractivity contribution in [2.45, 2.75) is 25.9 Å². The molecule has 0 spiro atoms. The summed E-state index contributed by atoms with van der Waals surface area (Å²) in [6, 6.07) is 18.8. The third-order valence-electron chi connectivity index (χ3n) is 5.41. The van der Waals surface area contributed by atoms with E-state index >= 15 is 0 Å². The average Bonchev–Trinajstić information content (AvgIpc) is 3.52. The molecule has 4 N–H and O–H groups in total. The highest BCUT2D eigenvalue weighted by Crippen LogP contribution is 2.34. The van der Waals surface area contributed by atoms with Crippen LogP contribution in [0.1, 0.15) is 33.0 Å². The Balaban J connectivity index is 0.00000144. The van der Waals surface area contributed by atoms with Gasteiger partial charge in [0.1, 0.15) is 5.75 Å². The highest BCUT2D eigenvalue weighted by atomic mass is 16.5. The van der Waals surface area contributed by atoms with E-state index in [2.05, 4.69) is 33.6 Å². The summed E-state index contributed by atoms with van der Waals surface area (Å²) in [6.07, 6.45) is 2.74. The number of hydrazine groups is 2. The number of anilines is 3. The summed E-state index contributed by atoms with van der Waals surface area (Å²) in [7, 11) is 0. The Morgan fingerprint density at radius 1 is 1.13 bits per heavy atom. The topological polar surface area (TPSA) is 87.3 Å². The first kappa shape index (κ1) is 18.4. The fraction of sp³-hybridized carbons (Fsp3) is 0.217. The second-order valence-electron chi connectivity index (χ2n) is 7.69. The average molecular weight is 406 g/mol. The van der Waals surface area contributed by atoms with Crippen LogP contribution in [-0.4, -0.2) is 17.0 Å². The van der Waals surface area contributed by atoms with Crippen molar-refractivity contribution < 1.29 is 12.4 Å². The number of nitrogens with zero attached hydrogens (tertiary/aromatic N) is 1. The number of rotatable bonds is 6. The molecule has 1 aliphatic carbocycles. The van der Waals surface area contributed by atoms with Gasteiger partial charge in [-0.3, -0.25) is 10.2 Å². The number of pyridine rings is 1. The summed E-state index contributed by atoms with van der Waals surface area (Å²) >= 11 is 0. The number of nitrogens with one attached hydrogen (secondary N) is 4. The first-order chi connectivity index (χ1) is 14.7. The minimum atomic E-state index is -0.167. The summed E-state index contributed by atoms with van der Waals surface area (Å²) in [6.45, 7) is 2.11. The Morgan fingerprint density at radius 3 is 2.77 bits per heavy atom. The van der Waals surface area contributed by atoms with Crippen LogP contribution in [0.25, 0.3) is 11.3 Å². The van der Waals surface area contributed by atoms with Crippen LogP contribution in [0.15, 0.2) is 60.7 Å². The Kier molecular flexibility index (Phi) is 4.72. The second kappa shape index (κ2) is 7.68. The van der Waals surface area contributed by atoms with Gasteiger partial charge in [0.2, 0.25) is 0 Å². The largest absolute Gasteiger partial charge is 0.490 e. The maximum absolute atomic E-state index is 12.8. The van der Waals surface area contributed by atoms with Gasteiger partial charge in [-0.2, -0.15) is 0 Å². The van der Waals surface area contributed by atoms with E-state index in [0.717, 1.165) is 34.2 Å². The molecule has 1 fully saturated rings. The van der Waals surface area contributed by atoms with E-state index in [4.69, 9.17) is 4.74 Å². The van der Waals surface area contributed by atoms with Crippen molar-refractivity contribution in [1.29, 1.82) is 0 Å². The van der Waals surface area contributed by atoms with Gasteiger partial charge in [-0.05, 0) is 74.2 Å². The number of hydrogen-bond acceptors (Lipinski definition) is 6. The molecule has 2 aromatic carbocycles. The summed E-state index contributed by atoms with van der Waals surface area (Å²) in [5, 5.41) is 2.95. The third kappa shape index (κ3) is 3.92. The molecule has 1 atom stereocenters. The van der Waals surface area contributed by atoms with Gasteiger partial charge in [-0.1, -0.05) is 12.1 Å². The SMILES string of the molecule is CC(Oc1ccc(NC(=O)c2cccc(-c3ccc4c(n3)NNN4)c2)cc1)C1CC1.[HH].[HH]. The molecule has 0 saturated heterocycles. The molecule has 1 saturated carbocycles. The van der Waals surface area contributed by atoms with Crippen LogP contribution in [0.4, 0.5) is 17.2 Å². The maximum atomic E-state index is 12.8. The van der Waals surface area contributed by atoms with E-state index in [9.17, 15) is 4.79 Å². The Bertz CT molecular complexity index is 1090. The van der Waals surface area contributed by atoms with Gasteiger partial charge >= 0.3 is 0 Å². The lowest BCUT2D eigenvalue weighted by Crippen LogP contribution is -2.19. The second-order valence-corrected chi connectivity index (χ2v) is 7.69. The van der Waals surface area contributed by atoms with E-state index in [1.54, 1.807) is 6.07 Å². The predicted octanol–water partition coefficient (Wildman–Crippen LogP) is 4.93. The molecule has 2 heterocycles. The highest BCUT2D eigenvalue weighted by Gasteiger charge is 2.29. The smallest absolute Gasteiger partial charge is 0.255 e. The normalized spacial score (nSPS) is 15.5. The van der Waals surface area contributed by atoms with Crippen LogP contribution in [-0.2, 0) is 0 Å². The van der Waals surface area contributed by atoms with Crippen LogP contribution in [0.3, 0.4) is 0 Å². The van der Waals surface area contributed by atoms with Crippen molar-refractivity contribution in [3.63, 3.8) is 0 Å². The minimum Gasteiger partial charge on any atom is -0.490 e. The molecule has 5 rings (SSSR count). The summed E-state index contributed by atoms with van der Waals surface area (Å²) in [4.78, 5) is 17.3. The van der Waals surface area contributed by atoms with Gasteiger partial charge in [0.25, 0.3) is 5.91 Å². The van der Waals surface area contributed by atoms with Gasteiger partial charge in [0, 0.05) is 19.7 Å². The predicted molar refractivity (Wildman–Crippen MR) is 121 cm³/mol. The standard InChI is InChI=1S/C23H23N5O2.2H2/c1-14(15-5-6-15)30-19-9-7-18(8-10-19)24-23(29)17-4-2-3-16(13-17)20-11-12-21-22(25-20)27-28-26-21;;/h2-4,7-15,26,28H,5-6H2,1H3,(H,24,29)(H,25,27);2*1H. The van der Waals surface area contributed by atoms with Crippen molar-refractivity contribution in [2.75, 3.05) is 16.2 Å². The Hall–Kier alpha value is -3.58. The van der Waals surface area contributed by atoms with Gasteiger partial charge in [-0.15, -0.1) is 5.53 Å². The van der Waals surface area contributed by atoms with Gasteiger partial charge in [-0.25, -0.2) is 4.98 Å². The minimum absolute atomic E-state index is 0. The summed E-state index contributed by atoms with van der Waals surface area (Å²) in [5.41, 5.74) is 12.6. The quantitative estimate of drug-likeness (QED) is 0.465. The van der Waals surface area contributed by atoms with E-state index in [1.165, 1.54) is 12.8 Å². The van der Waals surface area contributed by atoms with Gasteiger partial charge in [0.15, 0.2) is 5.82 Å². The number of carbonyl (C=O) groups is 1. The van der Waals surface area contributed by atoms with E-state index in [-0.39, 0.29) is 14.9 Å². The lowest BCUT2D eigenvalue weighted by molar-refractivity contribution is 0.102. The molecule has 156 valence electrons. The van der Waals surface area contributed by atoms with Gasteiger partial charge in [0.05, 0.1) is 17.5 Å².